The van der Waals surface area contributed by atoms with Gasteiger partial charge in [0.25, 0.3) is 0 Å². The molecule has 9 heteroatoms. The van der Waals surface area contributed by atoms with Crippen molar-refractivity contribution >= 4 is 24.2 Å². The zero-order chi connectivity index (χ0) is 35.8. The molecule has 4 aromatic rings. The number of rotatable bonds is 6. The fourth-order valence-corrected chi connectivity index (χ4v) is 6.79. The molecule has 2 saturated carbocycles. The Hall–Kier alpha value is -4.91. The molecule has 0 heterocycles. The molecule has 0 saturated heterocycles. The first-order valence-corrected chi connectivity index (χ1v) is 16.2. The monoisotopic (exact) mass is 751 g/mol. The first-order chi connectivity index (χ1) is 23.7. The molecule has 0 bridgehead atoms. The van der Waals surface area contributed by atoms with Crippen LogP contribution in [0.2, 0.25) is 0 Å². The smallest absolute Gasteiger partial charge is 0.465 e. The molecule has 52 heavy (non-hydrogen) atoms. The summed E-state index contributed by atoms with van der Waals surface area (Å²) in [6.45, 7) is 4.22. The Labute approximate surface area is 318 Å². The maximum Gasteiger partial charge on any atom is 2.00 e. The first kappa shape index (κ1) is 47.1. The number of carbonyl (C=O) groups is 2. The number of benzene rings is 4. The Morgan fingerprint density at radius 1 is 0.462 bits per heavy atom. The Morgan fingerprint density at radius 3 is 0.846 bits per heavy atom. The van der Waals surface area contributed by atoms with Crippen LogP contribution in [-0.2, 0) is 45.4 Å². The third kappa shape index (κ3) is 12.4. The molecule has 0 aromatic heterocycles. The van der Waals surface area contributed by atoms with Gasteiger partial charge >= 0.3 is 41.0 Å². The summed E-state index contributed by atoms with van der Waals surface area (Å²) in [4.78, 5) is 56.7. The van der Waals surface area contributed by atoms with Crippen LogP contribution >= 0.6 is 0 Å². The van der Waals surface area contributed by atoms with Gasteiger partial charge in [-0.25, -0.2) is 9.59 Å². The summed E-state index contributed by atoms with van der Waals surface area (Å²) in [7, 11) is 2.80. The Morgan fingerprint density at radius 2 is 0.654 bits per heavy atom. The molecule has 2 aliphatic rings. The largest absolute Gasteiger partial charge is 2.00 e. The van der Waals surface area contributed by atoms with Crippen molar-refractivity contribution < 1.29 is 55.0 Å². The average molecular weight is 752 g/mol. The predicted molar refractivity (Wildman–Crippen MR) is 195 cm³/mol. The third-order valence-electron chi connectivity index (χ3n) is 9.16. The molecular weight excluding hydrogens is 703 g/mol. The van der Waals surface area contributed by atoms with Crippen LogP contribution in [-0.4, -0.2) is 38.5 Å². The summed E-state index contributed by atoms with van der Waals surface area (Å²) in [6.07, 6.45) is 8.00. The molecule has 277 valence electrons. The van der Waals surface area contributed by atoms with Crippen LogP contribution in [0.4, 0.5) is 0 Å². The maximum absolute atomic E-state index is 12.1. The van der Waals surface area contributed by atoms with Gasteiger partial charge in [-0.1, -0.05) is 116 Å². The molecule has 0 aliphatic heterocycles. The van der Waals surface area contributed by atoms with E-state index in [1.54, 1.807) is 0 Å². The molecular formula is C43H48CoO8. The molecule has 0 N–H and O–H groups in total. The van der Waals surface area contributed by atoms with Crippen LogP contribution in [0, 0.1) is 28.7 Å². The van der Waals surface area contributed by atoms with Gasteiger partial charge in [0, 0.05) is 0 Å². The van der Waals surface area contributed by atoms with Crippen LogP contribution in [0.3, 0.4) is 0 Å². The molecule has 6 rings (SSSR count). The SMILES string of the molecule is C1CCCC1.COC(=O)c1ccc(C2C(c3ccc(C)cc3)C(c3ccc(C)cc3)C2c2ccc(C(=O)OC)cc2)cc1.O=C=O.O=C=O.[CH3-].[CH3-].[Co+2]. The molecule has 4 unspecified atom stereocenters. The van der Waals surface area contributed by atoms with Crippen LogP contribution in [0.5, 0.6) is 0 Å². The average Bonchev–Trinajstić information content (AvgIpc) is 3.71. The molecule has 2 aliphatic carbocycles. The van der Waals surface area contributed by atoms with Crippen LogP contribution in [0.1, 0.15) is 110 Å². The van der Waals surface area contributed by atoms with Crippen molar-refractivity contribution in [2.24, 2.45) is 0 Å². The number of hydrogen-bond acceptors (Lipinski definition) is 8. The van der Waals surface area contributed by atoms with Crippen molar-refractivity contribution in [2.45, 2.75) is 69.6 Å². The molecule has 1 radical (unpaired) electrons. The summed E-state index contributed by atoms with van der Waals surface area (Å²) in [5.41, 5.74) is 8.48. The molecule has 4 atom stereocenters. The standard InChI is InChI=1S/C34H32O4.C5H10.2CO2.2CH3.Co/c1-21-5-9-23(10-6-21)29-30(24-11-7-22(2)8-12-24)32(26-15-19-28(20-16-26)34(36)38-4)31(29)25-13-17-27(18-14-25)33(35)37-3;1-2-4-5-3-1;2*2-1-3;;;/h5-20,29-32H,1-4H3;1-5H2;;;2*1H3;/q;;;;2*-1;+2. The van der Waals surface area contributed by atoms with Gasteiger partial charge in [0.1, 0.15) is 0 Å². The van der Waals surface area contributed by atoms with Crippen molar-refractivity contribution in [1.82, 2.24) is 0 Å². The summed E-state index contributed by atoms with van der Waals surface area (Å²) in [5, 5.41) is 0. The topological polar surface area (TPSA) is 121 Å². The fourth-order valence-electron chi connectivity index (χ4n) is 6.79. The second-order valence-corrected chi connectivity index (χ2v) is 12.1. The minimum absolute atomic E-state index is 0. The molecule has 0 amide bonds. The van der Waals surface area contributed by atoms with E-state index in [1.807, 2.05) is 24.3 Å². The van der Waals surface area contributed by atoms with Gasteiger partial charge < -0.3 is 24.3 Å². The van der Waals surface area contributed by atoms with Gasteiger partial charge in [0.15, 0.2) is 0 Å². The van der Waals surface area contributed by atoms with Crippen LogP contribution in [0.25, 0.3) is 0 Å². The first-order valence-electron chi connectivity index (χ1n) is 16.2. The number of esters is 2. The predicted octanol–water partition coefficient (Wildman–Crippen LogP) is 9.01. The van der Waals surface area contributed by atoms with Crippen molar-refractivity contribution in [3.05, 3.63) is 156 Å². The van der Waals surface area contributed by atoms with Crippen LogP contribution < -0.4 is 0 Å². The van der Waals surface area contributed by atoms with E-state index in [9.17, 15) is 9.59 Å². The van der Waals surface area contributed by atoms with Crippen LogP contribution in [0.15, 0.2) is 97.1 Å². The van der Waals surface area contributed by atoms with E-state index in [-0.39, 0.29) is 79.5 Å². The Kier molecular flexibility index (Phi) is 22.0. The van der Waals surface area contributed by atoms with E-state index < -0.39 is 0 Å². The van der Waals surface area contributed by atoms with Crippen molar-refractivity contribution in [2.75, 3.05) is 14.2 Å². The Bertz CT molecular complexity index is 1570. The van der Waals surface area contributed by atoms with E-state index in [0.717, 1.165) is 0 Å². The third-order valence-corrected chi connectivity index (χ3v) is 9.16. The zero-order valence-electron chi connectivity index (χ0n) is 30.7. The van der Waals surface area contributed by atoms with Gasteiger partial charge in [0.2, 0.25) is 0 Å². The summed E-state index contributed by atoms with van der Waals surface area (Å²) in [5.74, 6) is 0.167. The number of hydrogen-bond donors (Lipinski definition) is 0. The summed E-state index contributed by atoms with van der Waals surface area (Å²) >= 11 is 0. The van der Waals surface area contributed by atoms with E-state index in [0.29, 0.717) is 11.1 Å². The maximum atomic E-state index is 12.1. The van der Waals surface area contributed by atoms with Crippen molar-refractivity contribution in [3.63, 3.8) is 0 Å². The van der Waals surface area contributed by atoms with E-state index in [2.05, 4.69) is 86.6 Å². The normalized spacial score (nSPS) is 17.5. The second-order valence-electron chi connectivity index (χ2n) is 12.1. The minimum Gasteiger partial charge on any atom is -0.465 e. The number of ether oxygens (including phenoxy) is 2. The second kappa shape index (κ2) is 24.3. The van der Waals surface area contributed by atoms with Gasteiger partial charge in [-0.2, -0.15) is 19.2 Å². The molecule has 4 aromatic carbocycles. The number of aryl methyl sites for hydroxylation is 2. The summed E-state index contributed by atoms with van der Waals surface area (Å²) < 4.78 is 9.83. The van der Waals surface area contributed by atoms with Crippen molar-refractivity contribution in [3.8, 4) is 0 Å². The quantitative estimate of drug-likeness (QED) is 0.141. The van der Waals surface area contributed by atoms with Gasteiger partial charge in [-0.15, -0.1) is 0 Å². The minimum atomic E-state index is -0.340. The van der Waals surface area contributed by atoms with E-state index in [1.165, 1.54) is 79.7 Å². The fraction of sp³-hybridized carbons (Fsp3) is 0.302. The Balaban J connectivity index is 0.00000163. The van der Waals surface area contributed by atoms with E-state index >= 15 is 0 Å². The van der Waals surface area contributed by atoms with E-state index in [4.69, 9.17) is 28.7 Å². The molecule has 2 fully saturated rings. The molecule has 0 spiro atoms. The zero-order valence-corrected chi connectivity index (χ0v) is 31.7. The summed E-state index contributed by atoms with van der Waals surface area (Å²) in [6, 6.07) is 33.3. The molecule has 8 nitrogen and oxygen atoms in total. The van der Waals surface area contributed by atoms with Gasteiger partial charge in [-0.3, -0.25) is 0 Å². The van der Waals surface area contributed by atoms with Gasteiger partial charge in [-0.05, 0) is 84.0 Å². The number of methoxy groups -OCH3 is 2. The number of carbonyl (C=O) groups excluding carboxylic acids is 6. The van der Waals surface area contributed by atoms with Crippen molar-refractivity contribution in [1.29, 1.82) is 0 Å². The van der Waals surface area contributed by atoms with Gasteiger partial charge in [0.05, 0.1) is 25.3 Å².